The number of hydrogen-bond donors (Lipinski definition) is 2. The second-order valence-electron chi connectivity index (χ2n) is 5.77. The van der Waals surface area contributed by atoms with Crippen molar-refractivity contribution in [3.8, 4) is 0 Å². The summed E-state index contributed by atoms with van der Waals surface area (Å²) < 4.78 is 0. The van der Waals surface area contributed by atoms with Gasteiger partial charge in [0.25, 0.3) is 0 Å². The number of fused-ring (bicyclic) bond motifs is 1. The largest absolute Gasteiger partial charge is 0.338 e. The number of carbonyl (C=O) groups excluding carboxylic acids is 1. The third-order valence-corrected chi connectivity index (χ3v) is 4.07. The SMILES string of the molecule is CCNC(=O)NC1=Nc2ccccc2N=C(CC)C1c1ccccc1. The first-order chi connectivity index (χ1) is 12.2. The number of carbonyl (C=O) groups is 1. The molecule has 1 atom stereocenters. The van der Waals surface area contributed by atoms with Gasteiger partial charge in [-0.15, -0.1) is 0 Å². The van der Waals surface area contributed by atoms with Gasteiger partial charge < -0.3 is 5.32 Å². The first-order valence-electron chi connectivity index (χ1n) is 8.57. The highest BCUT2D eigenvalue weighted by Gasteiger charge is 2.27. The number of nitrogens with zero attached hydrogens (tertiary/aromatic N) is 2. The molecule has 25 heavy (non-hydrogen) atoms. The van der Waals surface area contributed by atoms with Gasteiger partial charge in [0.2, 0.25) is 0 Å². The summed E-state index contributed by atoms with van der Waals surface area (Å²) in [5, 5.41) is 5.70. The average Bonchev–Trinajstić information content (AvgIpc) is 2.78. The molecule has 0 aliphatic carbocycles. The number of urea groups is 1. The maximum Gasteiger partial charge on any atom is 0.320 e. The minimum Gasteiger partial charge on any atom is -0.338 e. The fraction of sp³-hybridized carbons (Fsp3) is 0.250. The third kappa shape index (κ3) is 3.76. The Morgan fingerprint density at radius 1 is 0.960 bits per heavy atom. The van der Waals surface area contributed by atoms with Crippen LogP contribution < -0.4 is 10.6 Å². The van der Waals surface area contributed by atoms with Crippen molar-refractivity contribution < 1.29 is 4.79 Å². The molecule has 2 amide bonds. The van der Waals surface area contributed by atoms with Gasteiger partial charge in [-0.1, -0.05) is 49.4 Å². The molecular formula is C20H22N4O. The number of rotatable bonds is 3. The number of para-hydroxylation sites is 2. The number of nitrogens with one attached hydrogen (secondary N) is 2. The molecule has 0 spiro atoms. The second kappa shape index (κ2) is 7.75. The monoisotopic (exact) mass is 334 g/mol. The third-order valence-electron chi connectivity index (χ3n) is 4.07. The highest BCUT2D eigenvalue weighted by atomic mass is 16.2. The summed E-state index contributed by atoms with van der Waals surface area (Å²) in [5.41, 5.74) is 3.63. The van der Waals surface area contributed by atoms with Gasteiger partial charge in [-0.3, -0.25) is 10.3 Å². The number of amides is 2. The van der Waals surface area contributed by atoms with Crippen LogP contribution in [-0.4, -0.2) is 24.1 Å². The summed E-state index contributed by atoms with van der Waals surface area (Å²) in [5.74, 6) is 0.420. The van der Waals surface area contributed by atoms with Crippen molar-refractivity contribution in [1.82, 2.24) is 10.6 Å². The molecular weight excluding hydrogens is 312 g/mol. The zero-order valence-corrected chi connectivity index (χ0v) is 14.5. The van der Waals surface area contributed by atoms with Crippen molar-refractivity contribution >= 4 is 29.0 Å². The summed E-state index contributed by atoms with van der Waals surface area (Å²) in [7, 11) is 0. The van der Waals surface area contributed by atoms with Gasteiger partial charge >= 0.3 is 6.03 Å². The van der Waals surface area contributed by atoms with Crippen LogP contribution in [0.3, 0.4) is 0 Å². The molecule has 5 nitrogen and oxygen atoms in total. The van der Waals surface area contributed by atoms with Gasteiger partial charge in [-0.25, -0.2) is 9.79 Å². The Morgan fingerprint density at radius 2 is 1.60 bits per heavy atom. The highest BCUT2D eigenvalue weighted by molar-refractivity contribution is 6.17. The quantitative estimate of drug-likeness (QED) is 0.863. The normalized spacial score (nSPS) is 16.2. The minimum atomic E-state index is -0.253. The molecule has 0 saturated heterocycles. The zero-order chi connectivity index (χ0) is 17.6. The fourth-order valence-electron chi connectivity index (χ4n) is 2.92. The Bertz CT molecular complexity index is 811. The number of benzene rings is 2. The van der Waals surface area contributed by atoms with Crippen LogP contribution in [0.1, 0.15) is 31.7 Å². The maximum absolute atomic E-state index is 12.2. The van der Waals surface area contributed by atoms with Crippen LogP contribution in [0.2, 0.25) is 0 Å². The predicted octanol–water partition coefficient (Wildman–Crippen LogP) is 4.32. The molecule has 128 valence electrons. The molecule has 2 aromatic carbocycles. The predicted molar refractivity (Wildman–Crippen MR) is 102 cm³/mol. The van der Waals surface area contributed by atoms with E-state index in [4.69, 9.17) is 9.98 Å². The van der Waals surface area contributed by atoms with E-state index in [1.807, 2.05) is 61.5 Å². The zero-order valence-electron chi connectivity index (χ0n) is 14.5. The van der Waals surface area contributed by atoms with E-state index < -0.39 is 0 Å². The summed E-state index contributed by atoms with van der Waals surface area (Å²) >= 11 is 0. The van der Waals surface area contributed by atoms with Crippen molar-refractivity contribution in [3.05, 3.63) is 60.2 Å². The molecule has 2 aromatic rings. The molecule has 1 aliphatic heterocycles. The Morgan fingerprint density at radius 3 is 2.24 bits per heavy atom. The van der Waals surface area contributed by atoms with Gasteiger partial charge in [0.1, 0.15) is 5.84 Å². The van der Waals surface area contributed by atoms with Crippen LogP contribution in [0, 0.1) is 0 Å². The molecule has 1 aliphatic rings. The number of amidine groups is 1. The Kier molecular flexibility index (Phi) is 5.23. The standard InChI is InChI=1S/C20H22N4O/c1-3-15-18(14-10-6-5-7-11-14)19(24-20(25)21-4-2)23-17-13-9-8-12-16(17)22-15/h5-13,18H,3-4H2,1-2H3,(H2,21,23,24,25). The smallest absolute Gasteiger partial charge is 0.320 e. The lowest BCUT2D eigenvalue weighted by Crippen LogP contribution is -2.43. The highest BCUT2D eigenvalue weighted by Crippen LogP contribution is 2.34. The molecule has 0 saturated carbocycles. The van der Waals surface area contributed by atoms with Gasteiger partial charge in [0.05, 0.1) is 17.3 Å². The number of hydrogen-bond acceptors (Lipinski definition) is 3. The average molecular weight is 334 g/mol. The fourth-order valence-corrected chi connectivity index (χ4v) is 2.92. The summed E-state index contributed by atoms with van der Waals surface area (Å²) in [6, 6.07) is 17.5. The molecule has 2 N–H and O–H groups in total. The summed E-state index contributed by atoms with van der Waals surface area (Å²) in [6.07, 6.45) is 0.768. The van der Waals surface area contributed by atoms with Crippen molar-refractivity contribution in [2.75, 3.05) is 6.54 Å². The van der Waals surface area contributed by atoms with Crippen molar-refractivity contribution in [2.45, 2.75) is 26.2 Å². The van der Waals surface area contributed by atoms with Crippen LogP contribution in [-0.2, 0) is 0 Å². The van der Waals surface area contributed by atoms with E-state index in [0.717, 1.165) is 29.1 Å². The second-order valence-corrected chi connectivity index (χ2v) is 5.77. The van der Waals surface area contributed by atoms with Gasteiger partial charge in [-0.2, -0.15) is 0 Å². The van der Waals surface area contributed by atoms with E-state index in [9.17, 15) is 4.79 Å². The van der Waals surface area contributed by atoms with Gasteiger partial charge in [0, 0.05) is 12.3 Å². The molecule has 0 bridgehead atoms. The molecule has 0 fully saturated rings. The van der Waals surface area contributed by atoms with Crippen molar-refractivity contribution in [3.63, 3.8) is 0 Å². The van der Waals surface area contributed by atoms with Gasteiger partial charge in [0.15, 0.2) is 0 Å². The van der Waals surface area contributed by atoms with Crippen LogP contribution >= 0.6 is 0 Å². The van der Waals surface area contributed by atoms with Crippen molar-refractivity contribution in [1.29, 1.82) is 0 Å². The van der Waals surface area contributed by atoms with Crippen LogP contribution in [0.15, 0.2) is 64.6 Å². The lowest BCUT2D eigenvalue weighted by molar-refractivity contribution is 0.245. The Balaban J connectivity index is 2.12. The first-order valence-corrected chi connectivity index (χ1v) is 8.57. The van der Waals surface area contributed by atoms with E-state index in [2.05, 4.69) is 17.6 Å². The van der Waals surface area contributed by atoms with Crippen LogP contribution in [0.5, 0.6) is 0 Å². The van der Waals surface area contributed by atoms with Crippen LogP contribution in [0.25, 0.3) is 0 Å². The number of aliphatic imine (C=N–C) groups is 2. The lowest BCUT2D eigenvalue weighted by atomic mass is 9.91. The molecule has 0 radical (unpaired) electrons. The van der Waals surface area contributed by atoms with E-state index in [0.29, 0.717) is 12.4 Å². The molecule has 5 heteroatoms. The van der Waals surface area contributed by atoms with E-state index in [1.165, 1.54) is 0 Å². The summed E-state index contributed by atoms with van der Waals surface area (Å²) in [6.45, 7) is 4.52. The Hall–Kier alpha value is -2.95. The van der Waals surface area contributed by atoms with E-state index >= 15 is 0 Å². The molecule has 1 heterocycles. The Labute approximate surface area is 147 Å². The molecule has 0 aromatic heterocycles. The van der Waals surface area contributed by atoms with Gasteiger partial charge in [-0.05, 0) is 31.0 Å². The molecule has 3 rings (SSSR count). The van der Waals surface area contributed by atoms with Crippen molar-refractivity contribution in [2.24, 2.45) is 9.98 Å². The van der Waals surface area contributed by atoms with E-state index in [1.54, 1.807) is 0 Å². The lowest BCUT2D eigenvalue weighted by Gasteiger charge is -2.20. The van der Waals surface area contributed by atoms with E-state index in [-0.39, 0.29) is 11.9 Å². The van der Waals surface area contributed by atoms with Crippen LogP contribution in [0.4, 0.5) is 16.2 Å². The first kappa shape index (κ1) is 16.9. The maximum atomic E-state index is 12.2. The molecule has 1 unspecified atom stereocenters. The topological polar surface area (TPSA) is 65.8 Å². The summed E-state index contributed by atoms with van der Waals surface area (Å²) in [4.78, 5) is 21.8. The minimum absolute atomic E-state index is 0.179.